The van der Waals surface area contributed by atoms with Gasteiger partial charge in [-0.25, -0.2) is 0 Å². The van der Waals surface area contributed by atoms with E-state index in [4.69, 9.17) is 11.6 Å². The topological polar surface area (TPSA) is 29.1 Å². The molecule has 1 atom stereocenters. The number of hydrogen-bond acceptors (Lipinski definition) is 1. The lowest BCUT2D eigenvalue weighted by Gasteiger charge is -2.12. The minimum absolute atomic E-state index is 0.213. The van der Waals surface area contributed by atoms with Gasteiger partial charge in [0.15, 0.2) is 0 Å². The standard InChI is InChI=1S/C17H18ClNO/c1-12(2)13-8-10-15(11-9-13)19-17(20)16(18)14-6-4-3-5-7-14/h3-12,16H,1-2H3,(H,19,20). The Morgan fingerprint density at radius 2 is 1.55 bits per heavy atom. The first-order valence-electron chi connectivity index (χ1n) is 6.68. The van der Waals surface area contributed by atoms with E-state index in [1.165, 1.54) is 5.56 Å². The molecule has 0 aliphatic heterocycles. The van der Waals surface area contributed by atoms with Gasteiger partial charge in [-0.15, -0.1) is 11.6 Å². The molecule has 0 radical (unpaired) electrons. The van der Waals surface area contributed by atoms with Crippen molar-refractivity contribution in [1.82, 2.24) is 0 Å². The number of rotatable bonds is 4. The minimum Gasteiger partial charge on any atom is -0.325 e. The van der Waals surface area contributed by atoms with Gasteiger partial charge in [0, 0.05) is 5.69 Å². The number of hydrogen-bond donors (Lipinski definition) is 1. The van der Waals surface area contributed by atoms with Gasteiger partial charge in [-0.2, -0.15) is 0 Å². The Labute approximate surface area is 124 Å². The Morgan fingerprint density at radius 3 is 2.10 bits per heavy atom. The molecule has 2 aromatic rings. The van der Waals surface area contributed by atoms with Gasteiger partial charge in [0.2, 0.25) is 5.91 Å². The summed E-state index contributed by atoms with van der Waals surface area (Å²) in [4.78, 5) is 12.1. The number of carbonyl (C=O) groups is 1. The maximum absolute atomic E-state index is 12.1. The quantitative estimate of drug-likeness (QED) is 0.809. The van der Waals surface area contributed by atoms with E-state index >= 15 is 0 Å². The fourth-order valence-electron chi connectivity index (χ4n) is 1.93. The molecule has 2 rings (SSSR count). The van der Waals surface area contributed by atoms with E-state index in [1.807, 2.05) is 54.6 Å². The van der Waals surface area contributed by atoms with E-state index in [1.54, 1.807) is 0 Å². The smallest absolute Gasteiger partial charge is 0.246 e. The molecule has 0 saturated heterocycles. The van der Waals surface area contributed by atoms with Gasteiger partial charge in [-0.05, 0) is 29.2 Å². The first-order valence-corrected chi connectivity index (χ1v) is 7.11. The highest BCUT2D eigenvalue weighted by molar-refractivity contribution is 6.32. The summed E-state index contributed by atoms with van der Waals surface area (Å²) in [5.41, 5.74) is 2.81. The fourth-order valence-corrected chi connectivity index (χ4v) is 2.13. The minimum atomic E-state index is -0.680. The van der Waals surface area contributed by atoms with Crippen LogP contribution in [0.5, 0.6) is 0 Å². The molecule has 0 heterocycles. The van der Waals surface area contributed by atoms with Crippen molar-refractivity contribution in [3.05, 3.63) is 65.7 Å². The van der Waals surface area contributed by atoms with Gasteiger partial charge in [-0.3, -0.25) is 4.79 Å². The van der Waals surface area contributed by atoms with Crippen molar-refractivity contribution < 1.29 is 4.79 Å². The Morgan fingerprint density at radius 1 is 0.950 bits per heavy atom. The van der Waals surface area contributed by atoms with E-state index in [-0.39, 0.29) is 5.91 Å². The van der Waals surface area contributed by atoms with Crippen LogP contribution in [0.2, 0.25) is 0 Å². The first-order chi connectivity index (χ1) is 9.58. The van der Waals surface area contributed by atoms with Crippen molar-refractivity contribution in [2.45, 2.75) is 25.1 Å². The van der Waals surface area contributed by atoms with E-state index in [0.29, 0.717) is 5.92 Å². The van der Waals surface area contributed by atoms with Crippen LogP contribution in [0.1, 0.15) is 36.3 Å². The molecule has 0 aromatic heterocycles. The lowest BCUT2D eigenvalue weighted by atomic mass is 10.0. The molecule has 2 aromatic carbocycles. The maximum Gasteiger partial charge on any atom is 0.246 e. The third kappa shape index (κ3) is 3.61. The summed E-state index contributed by atoms with van der Waals surface area (Å²) >= 11 is 6.18. The third-order valence-electron chi connectivity index (χ3n) is 3.17. The highest BCUT2D eigenvalue weighted by Gasteiger charge is 2.17. The molecule has 2 nitrogen and oxygen atoms in total. The third-order valence-corrected chi connectivity index (χ3v) is 3.62. The van der Waals surface area contributed by atoms with Crippen LogP contribution >= 0.6 is 11.6 Å². The Balaban J connectivity index is 2.04. The monoisotopic (exact) mass is 287 g/mol. The predicted octanol–water partition coefficient (Wildman–Crippen LogP) is 4.73. The number of benzene rings is 2. The number of amides is 1. The highest BCUT2D eigenvalue weighted by Crippen LogP contribution is 2.23. The summed E-state index contributed by atoms with van der Waals surface area (Å²) in [7, 11) is 0. The van der Waals surface area contributed by atoms with Crippen LogP contribution in [0.4, 0.5) is 5.69 Å². The number of alkyl halides is 1. The van der Waals surface area contributed by atoms with Crippen LogP contribution in [0.15, 0.2) is 54.6 Å². The number of nitrogens with one attached hydrogen (secondary N) is 1. The molecule has 1 unspecified atom stereocenters. The zero-order valence-electron chi connectivity index (χ0n) is 11.6. The van der Waals surface area contributed by atoms with Crippen molar-refractivity contribution in [3.8, 4) is 0 Å². The predicted molar refractivity (Wildman–Crippen MR) is 84.2 cm³/mol. The molecule has 0 spiro atoms. The molecule has 1 amide bonds. The van der Waals surface area contributed by atoms with Crippen LogP contribution in [0.3, 0.4) is 0 Å². The molecule has 104 valence electrons. The van der Waals surface area contributed by atoms with Crippen molar-refractivity contribution in [2.75, 3.05) is 5.32 Å². The zero-order valence-corrected chi connectivity index (χ0v) is 12.4. The van der Waals surface area contributed by atoms with Crippen LogP contribution in [-0.2, 0) is 4.79 Å². The van der Waals surface area contributed by atoms with E-state index in [9.17, 15) is 4.79 Å². The molecule has 0 bridgehead atoms. The number of carbonyl (C=O) groups excluding carboxylic acids is 1. The Kier molecular flexibility index (Phi) is 4.80. The van der Waals surface area contributed by atoms with Crippen molar-refractivity contribution in [3.63, 3.8) is 0 Å². The van der Waals surface area contributed by atoms with Gasteiger partial charge < -0.3 is 5.32 Å². The highest BCUT2D eigenvalue weighted by atomic mass is 35.5. The van der Waals surface area contributed by atoms with Crippen molar-refractivity contribution >= 4 is 23.2 Å². The summed E-state index contributed by atoms with van der Waals surface area (Å²) in [6.45, 7) is 4.27. The molecule has 20 heavy (non-hydrogen) atoms. The molecular formula is C17H18ClNO. The fraction of sp³-hybridized carbons (Fsp3) is 0.235. The molecule has 0 aliphatic carbocycles. The van der Waals surface area contributed by atoms with E-state index in [0.717, 1.165) is 11.3 Å². The molecular weight excluding hydrogens is 270 g/mol. The number of halogens is 1. The summed E-state index contributed by atoms with van der Waals surface area (Å²) in [6, 6.07) is 17.2. The van der Waals surface area contributed by atoms with Gasteiger partial charge >= 0.3 is 0 Å². The molecule has 0 aliphatic rings. The van der Waals surface area contributed by atoms with Crippen LogP contribution in [0.25, 0.3) is 0 Å². The van der Waals surface area contributed by atoms with Crippen LogP contribution in [-0.4, -0.2) is 5.91 Å². The summed E-state index contributed by atoms with van der Waals surface area (Å²) in [5, 5.41) is 2.16. The lowest BCUT2D eigenvalue weighted by molar-refractivity contribution is -0.116. The van der Waals surface area contributed by atoms with Gasteiger partial charge in [0.25, 0.3) is 0 Å². The number of anilines is 1. The second-order valence-corrected chi connectivity index (χ2v) is 5.48. The largest absolute Gasteiger partial charge is 0.325 e. The lowest BCUT2D eigenvalue weighted by Crippen LogP contribution is -2.17. The van der Waals surface area contributed by atoms with E-state index in [2.05, 4.69) is 19.2 Å². The normalized spacial score (nSPS) is 12.2. The Hall–Kier alpha value is -1.80. The Bertz CT molecular complexity index is 563. The van der Waals surface area contributed by atoms with Gasteiger partial charge in [0.1, 0.15) is 5.38 Å². The summed E-state index contributed by atoms with van der Waals surface area (Å²) in [6.07, 6.45) is 0. The van der Waals surface area contributed by atoms with Gasteiger partial charge in [-0.1, -0.05) is 56.3 Å². The first kappa shape index (κ1) is 14.6. The summed E-state index contributed by atoms with van der Waals surface area (Å²) in [5.74, 6) is 0.264. The molecule has 0 saturated carbocycles. The second-order valence-electron chi connectivity index (χ2n) is 5.04. The zero-order chi connectivity index (χ0) is 14.5. The average Bonchev–Trinajstić information content (AvgIpc) is 2.48. The molecule has 3 heteroatoms. The summed E-state index contributed by atoms with van der Waals surface area (Å²) < 4.78 is 0. The van der Waals surface area contributed by atoms with Crippen molar-refractivity contribution in [2.24, 2.45) is 0 Å². The maximum atomic E-state index is 12.1. The van der Waals surface area contributed by atoms with Gasteiger partial charge in [0.05, 0.1) is 0 Å². The SMILES string of the molecule is CC(C)c1ccc(NC(=O)C(Cl)c2ccccc2)cc1. The van der Waals surface area contributed by atoms with Crippen molar-refractivity contribution in [1.29, 1.82) is 0 Å². The average molecular weight is 288 g/mol. The van der Waals surface area contributed by atoms with Crippen LogP contribution in [0, 0.1) is 0 Å². The van der Waals surface area contributed by atoms with E-state index < -0.39 is 5.38 Å². The van der Waals surface area contributed by atoms with Crippen LogP contribution < -0.4 is 5.32 Å². The second kappa shape index (κ2) is 6.58. The molecule has 1 N–H and O–H groups in total. The molecule has 0 fully saturated rings.